The minimum Gasteiger partial charge on any atom is -0.444 e. The lowest BCUT2D eigenvalue weighted by atomic mass is 10.0. The predicted octanol–water partition coefficient (Wildman–Crippen LogP) is 2.01. The van der Waals surface area contributed by atoms with Crippen LogP contribution in [-0.4, -0.2) is 35.1 Å². The van der Waals surface area contributed by atoms with Gasteiger partial charge in [0.05, 0.1) is 12.6 Å². The summed E-state index contributed by atoms with van der Waals surface area (Å²) in [5, 5.41) is 11.4. The van der Waals surface area contributed by atoms with Crippen LogP contribution >= 0.6 is 0 Å². The van der Waals surface area contributed by atoms with Crippen molar-refractivity contribution >= 4 is 6.09 Å². The summed E-state index contributed by atoms with van der Waals surface area (Å²) in [4.78, 5) is 11.3. The molecule has 5 heteroatoms. The first-order chi connectivity index (χ1) is 7.03. The second-order valence-electron chi connectivity index (χ2n) is 5.45. The van der Waals surface area contributed by atoms with E-state index < -0.39 is 23.4 Å². The van der Waals surface area contributed by atoms with Gasteiger partial charge in [0.15, 0.2) is 0 Å². The van der Waals surface area contributed by atoms with Gasteiger partial charge in [-0.15, -0.1) is 0 Å². The average Bonchev–Trinajstić information content (AvgIpc) is 1.96. The van der Waals surface area contributed by atoms with Crippen LogP contribution in [0.25, 0.3) is 0 Å². The number of hydrogen-bond acceptors (Lipinski definition) is 3. The summed E-state index contributed by atoms with van der Waals surface area (Å²) in [6.07, 6.45) is -0.598. The molecule has 4 nitrogen and oxygen atoms in total. The average molecular weight is 235 g/mol. The maximum Gasteiger partial charge on any atom is 0.407 e. The third kappa shape index (κ3) is 8.47. The van der Waals surface area contributed by atoms with Crippen LogP contribution in [0.3, 0.4) is 0 Å². The van der Waals surface area contributed by atoms with E-state index in [0.717, 1.165) is 0 Å². The van der Waals surface area contributed by atoms with Gasteiger partial charge >= 0.3 is 6.09 Å². The largest absolute Gasteiger partial charge is 0.444 e. The maximum atomic E-state index is 13.3. The zero-order valence-electron chi connectivity index (χ0n) is 10.6. The number of alkyl carbamates (subject to hydrolysis) is 1. The molecule has 0 fully saturated rings. The molecule has 1 atom stereocenters. The van der Waals surface area contributed by atoms with Crippen molar-refractivity contribution in [3.8, 4) is 0 Å². The molecule has 0 aromatic heterocycles. The number of carbonyl (C=O) groups is 1. The monoisotopic (exact) mass is 235 g/mol. The lowest BCUT2D eigenvalue weighted by Gasteiger charge is -2.25. The number of amides is 1. The predicted molar refractivity (Wildman–Crippen MR) is 60.0 cm³/mol. The van der Waals surface area contributed by atoms with Gasteiger partial charge in [0, 0.05) is 6.42 Å². The molecule has 0 spiro atoms. The van der Waals surface area contributed by atoms with Crippen molar-refractivity contribution in [1.82, 2.24) is 5.32 Å². The molecule has 0 aromatic carbocycles. The van der Waals surface area contributed by atoms with Crippen LogP contribution < -0.4 is 5.32 Å². The minimum atomic E-state index is -1.44. The Kier molecular flexibility index (Phi) is 5.19. The molecule has 0 bridgehead atoms. The Morgan fingerprint density at radius 3 is 2.19 bits per heavy atom. The van der Waals surface area contributed by atoms with Crippen molar-refractivity contribution in [3.63, 3.8) is 0 Å². The highest BCUT2D eigenvalue weighted by molar-refractivity contribution is 5.68. The fourth-order valence-electron chi connectivity index (χ4n) is 1.22. The topological polar surface area (TPSA) is 58.6 Å². The Morgan fingerprint density at radius 1 is 1.38 bits per heavy atom. The van der Waals surface area contributed by atoms with Gasteiger partial charge in [-0.25, -0.2) is 9.18 Å². The van der Waals surface area contributed by atoms with E-state index in [1.807, 2.05) is 0 Å². The Morgan fingerprint density at radius 2 is 1.88 bits per heavy atom. The molecule has 0 rings (SSSR count). The molecule has 0 aliphatic heterocycles. The number of hydrogen-bond donors (Lipinski definition) is 2. The van der Waals surface area contributed by atoms with Gasteiger partial charge < -0.3 is 15.2 Å². The second-order valence-corrected chi connectivity index (χ2v) is 5.45. The number of carbonyl (C=O) groups excluding carboxylic acids is 1. The summed E-state index contributed by atoms with van der Waals surface area (Å²) in [6, 6.07) is -0.630. The van der Waals surface area contributed by atoms with Gasteiger partial charge in [0.1, 0.15) is 11.3 Å². The number of alkyl halides is 1. The Balaban J connectivity index is 4.18. The highest BCUT2D eigenvalue weighted by Gasteiger charge is 2.25. The van der Waals surface area contributed by atoms with Crippen LogP contribution in [-0.2, 0) is 4.74 Å². The van der Waals surface area contributed by atoms with Crippen LogP contribution in [0.4, 0.5) is 9.18 Å². The molecular weight excluding hydrogens is 213 g/mol. The van der Waals surface area contributed by atoms with Crippen molar-refractivity contribution in [2.75, 3.05) is 6.61 Å². The molecule has 0 heterocycles. The maximum absolute atomic E-state index is 13.3. The Hall–Kier alpha value is -0.840. The third-order valence-corrected chi connectivity index (χ3v) is 1.67. The minimum absolute atomic E-state index is 0.0444. The summed E-state index contributed by atoms with van der Waals surface area (Å²) >= 11 is 0. The molecule has 16 heavy (non-hydrogen) atoms. The molecular formula is C11H22FNO3. The lowest BCUT2D eigenvalue weighted by Crippen LogP contribution is -2.43. The molecule has 0 aromatic rings. The van der Waals surface area contributed by atoms with Crippen molar-refractivity contribution in [2.24, 2.45) is 0 Å². The second kappa shape index (κ2) is 5.48. The number of nitrogens with one attached hydrogen (secondary N) is 1. The van der Waals surface area contributed by atoms with E-state index in [1.165, 1.54) is 13.8 Å². The van der Waals surface area contributed by atoms with Crippen molar-refractivity contribution in [3.05, 3.63) is 0 Å². The van der Waals surface area contributed by atoms with Crippen molar-refractivity contribution in [2.45, 2.75) is 58.4 Å². The van der Waals surface area contributed by atoms with Gasteiger partial charge in [-0.1, -0.05) is 0 Å². The number of ether oxygens (including phenoxy) is 1. The number of aliphatic hydroxyl groups excluding tert-OH is 1. The number of aliphatic hydroxyl groups is 1. The summed E-state index contributed by atoms with van der Waals surface area (Å²) in [6.45, 7) is 7.68. The first kappa shape index (κ1) is 15.2. The van der Waals surface area contributed by atoms with Crippen LogP contribution in [0.1, 0.15) is 41.0 Å². The summed E-state index contributed by atoms with van der Waals surface area (Å²) < 4.78 is 18.3. The standard InChI is InChI=1S/C11H22FNO3/c1-10(2,3)16-9(15)13-8(7-14)6-11(4,5)12/h8,14H,6-7H2,1-5H3,(H,13,15). The van der Waals surface area contributed by atoms with E-state index in [9.17, 15) is 9.18 Å². The van der Waals surface area contributed by atoms with E-state index in [0.29, 0.717) is 0 Å². The normalized spacial score (nSPS) is 14.4. The van der Waals surface area contributed by atoms with E-state index >= 15 is 0 Å². The Bertz CT molecular complexity index is 230. The molecule has 2 N–H and O–H groups in total. The van der Waals surface area contributed by atoms with Crippen molar-refractivity contribution in [1.29, 1.82) is 0 Å². The molecule has 0 saturated heterocycles. The third-order valence-electron chi connectivity index (χ3n) is 1.67. The van der Waals surface area contributed by atoms with Crippen LogP contribution in [0, 0.1) is 0 Å². The molecule has 0 radical (unpaired) electrons. The first-order valence-electron chi connectivity index (χ1n) is 5.33. The molecule has 96 valence electrons. The molecule has 1 unspecified atom stereocenters. The van der Waals surface area contributed by atoms with Gasteiger partial charge in [-0.3, -0.25) is 0 Å². The van der Waals surface area contributed by atoms with E-state index in [1.54, 1.807) is 20.8 Å². The van der Waals surface area contributed by atoms with Gasteiger partial charge in [-0.05, 0) is 34.6 Å². The fourth-order valence-corrected chi connectivity index (χ4v) is 1.22. The van der Waals surface area contributed by atoms with Crippen molar-refractivity contribution < 1.29 is 19.0 Å². The lowest BCUT2D eigenvalue weighted by molar-refractivity contribution is 0.0451. The summed E-state index contributed by atoms with van der Waals surface area (Å²) in [5.74, 6) is 0. The molecule has 0 saturated carbocycles. The summed E-state index contributed by atoms with van der Waals surface area (Å²) in [7, 11) is 0. The first-order valence-corrected chi connectivity index (χ1v) is 5.33. The SMILES string of the molecule is CC(C)(F)CC(CO)NC(=O)OC(C)(C)C. The zero-order valence-corrected chi connectivity index (χ0v) is 10.6. The van der Waals surface area contributed by atoms with E-state index in [4.69, 9.17) is 9.84 Å². The highest BCUT2D eigenvalue weighted by Crippen LogP contribution is 2.16. The van der Waals surface area contributed by atoms with Crippen LogP contribution in [0.2, 0.25) is 0 Å². The van der Waals surface area contributed by atoms with Gasteiger partial charge in [0.25, 0.3) is 0 Å². The smallest absolute Gasteiger partial charge is 0.407 e. The van der Waals surface area contributed by atoms with Crippen LogP contribution in [0.15, 0.2) is 0 Å². The molecule has 0 aliphatic rings. The quantitative estimate of drug-likeness (QED) is 0.783. The highest BCUT2D eigenvalue weighted by atomic mass is 19.1. The molecule has 1 amide bonds. The van der Waals surface area contributed by atoms with E-state index in [2.05, 4.69) is 5.32 Å². The number of halogens is 1. The van der Waals surface area contributed by atoms with Gasteiger partial charge in [-0.2, -0.15) is 0 Å². The Labute approximate surface area is 96.2 Å². The summed E-state index contributed by atoms with van der Waals surface area (Å²) in [5.41, 5.74) is -2.04. The number of rotatable bonds is 4. The van der Waals surface area contributed by atoms with Gasteiger partial charge in [0.2, 0.25) is 0 Å². The fraction of sp³-hybridized carbons (Fsp3) is 0.909. The van der Waals surface area contributed by atoms with E-state index in [-0.39, 0.29) is 13.0 Å². The zero-order chi connectivity index (χ0) is 13.0. The molecule has 0 aliphatic carbocycles. The van der Waals surface area contributed by atoms with Crippen LogP contribution in [0.5, 0.6) is 0 Å².